The van der Waals surface area contributed by atoms with E-state index in [2.05, 4.69) is 15.3 Å². The van der Waals surface area contributed by atoms with Gasteiger partial charge in [0.2, 0.25) is 0 Å². The molecule has 0 bridgehead atoms. The van der Waals surface area contributed by atoms with Gasteiger partial charge in [0.05, 0.1) is 25.5 Å². The standard InChI is InChI=1S/C22H21N3O3/c1-27-17-5-6-21(28-2)15(12-17)3-4-16-11-14(7-9-23-16)20-13-18-19(25-20)8-10-24-22(18)26/h3-7,9,11-13,25H,8,10H2,1-2H3,(H,24,26). The summed E-state index contributed by atoms with van der Waals surface area (Å²) >= 11 is 0. The third-order valence-electron chi connectivity index (χ3n) is 4.77. The normalized spacial score (nSPS) is 13.3. The number of ether oxygens (including phenoxy) is 2. The Balaban J connectivity index is 1.63. The summed E-state index contributed by atoms with van der Waals surface area (Å²) in [6, 6.07) is 11.5. The molecule has 2 aromatic heterocycles. The minimum absolute atomic E-state index is 0.0250. The van der Waals surface area contributed by atoms with E-state index in [1.165, 1.54) is 0 Å². The van der Waals surface area contributed by atoms with Crippen molar-refractivity contribution in [1.82, 2.24) is 15.3 Å². The van der Waals surface area contributed by atoms with Crippen LogP contribution in [0.15, 0.2) is 42.6 Å². The Labute approximate surface area is 163 Å². The summed E-state index contributed by atoms with van der Waals surface area (Å²) in [5.41, 5.74) is 5.30. The quantitative estimate of drug-likeness (QED) is 0.715. The molecule has 0 radical (unpaired) electrons. The van der Waals surface area contributed by atoms with Crippen molar-refractivity contribution in [3.05, 3.63) is 65.1 Å². The highest BCUT2D eigenvalue weighted by Gasteiger charge is 2.19. The summed E-state index contributed by atoms with van der Waals surface area (Å²) < 4.78 is 10.7. The predicted octanol–water partition coefficient (Wildman–Crippen LogP) is 3.55. The van der Waals surface area contributed by atoms with Crippen LogP contribution in [0.3, 0.4) is 0 Å². The zero-order valence-electron chi connectivity index (χ0n) is 15.8. The summed E-state index contributed by atoms with van der Waals surface area (Å²) in [7, 11) is 3.28. The van der Waals surface area contributed by atoms with Gasteiger partial charge in [-0.2, -0.15) is 0 Å². The van der Waals surface area contributed by atoms with Crippen LogP contribution >= 0.6 is 0 Å². The molecule has 2 N–H and O–H groups in total. The Morgan fingerprint density at radius 1 is 1.07 bits per heavy atom. The number of aromatic amines is 1. The van der Waals surface area contributed by atoms with Gasteiger partial charge in [0, 0.05) is 41.7 Å². The lowest BCUT2D eigenvalue weighted by Gasteiger charge is -2.10. The molecule has 3 aromatic rings. The van der Waals surface area contributed by atoms with Gasteiger partial charge < -0.3 is 19.8 Å². The van der Waals surface area contributed by atoms with Gasteiger partial charge >= 0.3 is 0 Å². The van der Waals surface area contributed by atoms with Crippen molar-refractivity contribution in [2.45, 2.75) is 6.42 Å². The maximum Gasteiger partial charge on any atom is 0.253 e. The van der Waals surface area contributed by atoms with Crippen LogP contribution in [0, 0.1) is 0 Å². The Morgan fingerprint density at radius 3 is 2.75 bits per heavy atom. The SMILES string of the molecule is COc1ccc(OC)c(C=Cc2cc(-c3cc4c([nH]3)CCNC4=O)ccn2)c1. The van der Waals surface area contributed by atoms with Crippen LogP contribution < -0.4 is 14.8 Å². The van der Waals surface area contributed by atoms with Crippen molar-refractivity contribution in [2.24, 2.45) is 0 Å². The Hall–Kier alpha value is -3.54. The molecule has 1 aliphatic heterocycles. The second-order valence-corrected chi connectivity index (χ2v) is 6.49. The molecule has 0 fully saturated rings. The second kappa shape index (κ2) is 7.60. The summed E-state index contributed by atoms with van der Waals surface area (Å²) in [5, 5.41) is 2.87. The van der Waals surface area contributed by atoms with Crippen molar-refractivity contribution in [3.8, 4) is 22.8 Å². The van der Waals surface area contributed by atoms with E-state index in [1.807, 2.05) is 48.6 Å². The van der Waals surface area contributed by atoms with E-state index in [0.29, 0.717) is 6.54 Å². The lowest BCUT2D eigenvalue weighted by atomic mass is 10.1. The zero-order valence-corrected chi connectivity index (χ0v) is 15.8. The van der Waals surface area contributed by atoms with Gasteiger partial charge in [-0.3, -0.25) is 9.78 Å². The predicted molar refractivity (Wildman–Crippen MR) is 109 cm³/mol. The maximum atomic E-state index is 12.0. The van der Waals surface area contributed by atoms with E-state index >= 15 is 0 Å². The van der Waals surface area contributed by atoms with Crippen molar-refractivity contribution < 1.29 is 14.3 Å². The fraction of sp³-hybridized carbons (Fsp3) is 0.182. The molecule has 0 aliphatic carbocycles. The molecule has 6 heteroatoms. The van der Waals surface area contributed by atoms with Gasteiger partial charge in [-0.15, -0.1) is 0 Å². The number of rotatable bonds is 5. The first kappa shape index (κ1) is 17.9. The number of aromatic nitrogens is 2. The number of nitrogens with one attached hydrogen (secondary N) is 2. The fourth-order valence-electron chi connectivity index (χ4n) is 3.30. The van der Waals surface area contributed by atoms with Crippen LogP contribution in [-0.2, 0) is 6.42 Å². The van der Waals surface area contributed by atoms with Crippen molar-refractivity contribution in [2.75, 3.05) is 20.8 Å². The van der Waals surface area contributed by atoms with Crippen molar-refractivity contribution in [3.63, 3.8) is 0 Å². The first-order valence-electron chi connectivity index (χ1n) is 9.04. The summed E-state index contributed by atoms with van der Waals surface area (Å²) in [4.78, 5) is 19.8. The van der Waals surface area contributed by atoms with Crippen LogP contribution in [0.25, 0.3) is 23.4 Å². The van der Waals surface area contributed by atoms with E-state index < -0.39 is 0 Å². The fourth-order valence-corrected chi connectivity index (χ4v) is 3.30. The van der Waals surface area contributed by atoms with Gasteiger partial charge in [-0.05, 0) is 48.6 Å². The van der Waals surface area contributed by atoms with Crippen LogP contribution in [-0.4, -0.2) is 36.6 Å². The number of benzene rings is 1. The molecular formula is C22H21N3O3. The van der Waals surface area contributed by atoms with Gasteiger partial charge in [-0.1, -0.05) is 0 Å². The largest absolute Gasteiger partial charge is 0.497 e. The van der Waals surface area contributed by atoms with E-state index in [-0.39, 0.29) is 5.91 Å². The van der Waals surface area contributed by atoms with Gasteiger partial charge in [-0.25, -0.2) is 0 Å². The van der Waals surface area contributed by atoms with Crippen LogP contribution in [0.1, 0.15) is 27.3 Å². The number of carbonyl (C=O) groups excluding carboxylic acids is 1. The lowest BCUT2D eigenvalue weighted by molar-refractivity contribution is 0.0946. The maximum absolute atomic E-state index is 12.0. The minimum atomic E-state index is -0.0250. The Morgan fingerprint density at radius 2 is 1.96 bits per heavy atom. The van der Waals surface area contributed by atoms with Crippen LogP contribution in [0.5, 0.6) is 11.5 Å². The summed E-state index contributed by atoms with van der Waals surface area (Å²) in [6.07, 6.45) is 6.45. The van der Waals surface area contributed by atoms with Crippen molar-refractivity contribution in [1.29, 1.82) is 0 Å². The van der Waals surface area contributed by atoms with Crippen molar-refractivity contribution >= 4 is 18.1 Å². The molecule has 28 heavy (non-hydrogen) atoms. The molecule has 142 valence electrons. The molecule has 1 aliphatic rings. The number of methoxy groups -OCH3 is 2. The van der Waals surface area contributed by atoms with Gasteiger partial charge in [0.15, 0.2) is 0 Å². The Bertz CT molecular complexity index is 1050. The smallest absolute Gasteiger partial charge is 0.253 e. The summed E-state index contributed by atoms with van der Waals surface area (Å²) in [6.45, 7) is 0.665. The molecule has 1 amide bonds. The highest BCUT2D eigenvalue weighted by molar-refractivity contribution is 5.97. The number of fused-ring (bicyclic) bond motifs is 1. The molecule has 0 spiro atoms. The summed E-state index contributed by atoms with van der Waals surface area (Å²) in [5.74, 6) is 1.50. The number of carbonyl (C=O) groups is 1. The zero-order chi connectivity index (χ0) is 19.5. The first-order valence-corrected chi connectivity index (χ1v) is 9.04. The average molecular weight is 375 g/mol. The third kappa shape index (κ3) is 3.49. The second-order valence-electron chi connectivity index (χ2n) is 6.49. The van der Waals surface area contributed by atoms with Gasteiger partial charge in [0.1, 0.15) is 11.5 Å². The van der Waals surface area contributed by atoms with E-state index in [0.717, 1.165) is 51.7 Å². The molecule has 0 atom stereocenters. The molecular weight excluding hydrogens is 354 g/mol. The number of amides is 1. The molecule has 0 unspecified atom stereocenters. The number of hydrogen-bond donors (Lipinski definition) is 2. The van der Waals surface area contributed by atoms with E-state index in [9.17, 15) is 4.79 Å². The molecule has 4 rings (SSSR count). The number of pyridine rings is 1. The average Bonchev–Trinajstić information content (AvgIpc) is 3.18. The molecule has 1 aromatic carbocycles. The highest BCUT2D eigenvalue weighted by atomic mass is 16.5. The lowest BCUT2D eigenvalue weighted by Crippen LogP contribution is -2.31. The van der Waals surface area contributed by atoms with Crippen LogP contribution in [0.2, 0.25) is 0 Å². The molecule has 6 nitrogen and oxygen atoms in total. The van der Waals surface area contributed by atoms with E-state index in [4.69, 9.17) is 9.47 Å². The number of H-pyrrole nitrogens is 1. The monoisotopic (exact) mass is 375 g/mol. The van der Waals surface area contributed by atoms with E-state index in [1.54, 1.807) is 20.4 Å². The van der Waals surface area contributed by atoms with Gasteiger partial charge in [0.25, 0.3) is 5.91 Å². The highest BCUT2D eigenvalue weighted by Crippen LogP contribution is 2.27. The molecule has 0 saturated heterocycles. The first-order chi connectivity index (χ1) is 13.7. The van der Waals surface area contributed by atoms with Crippen LogP contribution in [0.4, 0.5) is 0 Å². The number of hydrogen-bond acceptors (Lipinski definition) is 4. The topological polar surface area (TPSA) is 76.2 Å². The number of nitrogens with zero attached hydrogens (tertiary/aromatic N) is 1. The Kier molecular flexibility index (Phi) is 4.85. The molecule has 3 heterocycles. The minimum Gasteiger partial charge on any atom is -0.497 e. The third-order valence-corrected chi connectivity index (χ3v) is 4.77. The molecule has 0 saturated carbocycles.